The Balaban J connectivity index is 2.92. The van der Waals surface area contributed by atoms with Gasteiger partial charge in [-0.05, 0) is 5.21 Å². The number of nitrogens with one attached hydrogen (secondary N) is 1. The summed E-state index contributed by atoms with van der Waals surface area (Å²) in [4.78, 5) is 1.38. The van der Waals surface area contributed by atoms with Gasteiger partial charge in [0, 0.05) is 7.05 Å². The number of nitrogens with two attached hydrogens (primary N) is 1. The fourth-order valence-corrected chi connectivity index (χ4v) is 0.417. The molecular formula is C3H7N5. The van der Waals surface area contributed by atoms with Crippen LogP contribution in [-0.2, 0) is 0 Å². The van der Waals surface area contributed by atoms with E-state index in [4.69, 9.17) is 5.73 Å². The van der Waals surface area contributed by atoms with Gasteiger partial charge in [0.05, 0.1) is 6.20 Å². The van der Waals surface area contributed by atoms with E-state index in [9.17, 15) is 0 Å². The summed E-state index contributed by atoms with van der Waals surface area (Å²) in [6.07, 6.45) is 1.47. The summed E-state index contributed by atoms with van der Waals surface area (Å²) in [5, 5.41) is 7.08. The maximum atomic E-state index is 5.33. The van der Waals surface area contributed by atoms with Gasteiger partial charge < -0.3 is 11.2 Å². The van der Waals surface area contributed by atoms with Crippen molar-refractivity contribution in [3.63, 3.8) is 0 Å². The predicted octanol–water partition coefficient (Wildman–Crippen LogP) is -0.966. The van der Waals surface area contributed by atoms with Crippen LogP contribution in [0.4, 0.5) is 5.82 Å². The third kappa shape index (κ3) is 0.575. The van der Waals surface area contributed by atoms with Gasteiger partial charge >= 0.3 is 0 Å². The summed E-state index contributed by atoms with van der Waals surface area (Å²) in [7, 11) is 1.71. The van der Waals surface area contributed by atoms with Crippen molar-refractivity contribution < 1.29 is 0 Å². The minimum absolute atomic E-state index is 0.507. The van der Waals surface area contributed by atoms with E-state index < -0.39 is 0 Å². The average molecular weight is 113 g/mol. The Morgan fingerprint density at radius 2 is 2.62 bits per heavy atom. The molecule has 0 aliphatic heterocycles. The molecule has 1 aromatic heterocycles. The SMILES string of the molecule is CNn1nncc1N. The first kappa shape index (κ1) is 4.89. The van der Waals surface area contributed by atoms with Gasteiger partial charge in [-0.2, -0.15) is 0 Å². The van der Waals surface area contributed by atoms with Crippen LogP contribution in [0.3, 0.4) is 0 Å². The first-order valence-electron chi connectivity index (χ1n) is 2.18. The number of aromatic nitrogens is 3. The molecule has 1 heterocycles. The molecule has 5 heteroatoms. The Morgan fingerprint density at radius 3 is 2.88 bits per heavy atom. The standard InChI is InChI=1S/C3H7N5/c1-5-8-3(4)2-6-7-8/h2,5H,4H2,1H3. The maximum Gasteiger partial charge on any atom is 0.165 e. The second-order valence-corrected chi connectivity index (χ2v) is 1.29. The molecule has 1 aromatic rings. The molecule has 0 aliphatic carbocycles. The normalized spacial score (nSPS) is 9.12. The highest BCUT2D eigenvalue weighted by Crippen LogP contribution is 1.89. The number of hydrogen-bond acceptors (Lipinski definition) is 4. The van der Waals surface area contributed by atoms with Crippen LogP contribution in [0.15, 0.2) is 6.20 Å². The van der Waals surface area contributed by atoms with Gasteiger partial charge in [0.25, 0.3) is 0 Å². The lowest BCUT2D eigenvalue weighted by molar-refractivity contribution is 0.736. The van der Waals surface area contributed by atoms with Crippen molar-refractivity contribution >= 4 is 5.82 Å². The van der Waals surface area contributed by atoms with Crippen molar-refractivity contribution in [2.24, 2.45) is 0 Å². The lowest BCUT2D eigenvalue weighted by atomic mass is 10.8. The number of rotatable bonds is 1. The molecule has 8 heavy (non-hydrogen) atoms. The zero-order valence-electron chi connectivity index (χ0n) is 4.50. The highest BCUT2D eigenvalue weighted by molar-refractivity contribution is 5.22. The quantitative estimate of drug-likeness (QED) is 0.492. The summed E-state index contributed by atoms with van der Waals surface area (Å²) in [6, 6.07) is 0. The van der Waals surface area contributed by atoms with Gasteiger partial charge in [-0.1, -0.05) is 0 Å². The van der Waals surface area contributed by atoms with Gasteiger partial charge in [0.2, 0.25) is 0 Å². The van der Waals surface area contributed by atoms with E-state index in [-0.39, 0.29) is 0 Å². The Hall–Kier alpha value is -1.26. The summed E-state index contributed by atoms with van der Waals surface area (Å²) in [5.74, 6) is 0.507. The Bertz CT molecular complexity index is 168. The minimum atomic E-state index is 0.507. The Kier molecular flexibility index (Phi) is 1.03. The van der Waals surface area contributed by atoms with E-state index in [0.717, 1.165) is 0 Å². The topological polar surface area (TPSA) is 68.8 Å². The average Bonchev–Trinajstić information content (AvgIpc) is 2.14. The molecule has 0 amide bonds. The summed E-state index contributed by atoms with van der Waals surface area (Å²) in [6.45, 7) is 0. The molecule has 0 unspecified atom stereocenters. The van der Waals surface area contributed by atoms with Crippen LogP contribution in [0, 0.1) is 0 Å². The number of nitrogens with zero attached hydrogens (tertiary/aromatic N) is 3. The van der Waals surface area contributed by atoms with E-state index in [1.165, 1.54) is 11.0 Å². The Morgan fingerprint density at radius 1 is 1.88 bits per heavy atom. The largest absolute Gasteiger partial charge is 0.381 e. The lowest BCUT2D eigenvalue weighted by Gasteiger charge is -1.95. The van der Waals surface area contributed by atoms with Crippen LogP contribution in [0.5, 0.6) is 0 Å². The van der Waals surface area contributed by atoms with Crippen molar-refractivity contribution in [3.8, 4) is 0 Å². The summed E-state index contributed by atoms with van der Waals surface area (Å²) < 4.78 is 0. The zero-order valence-corrected chi connectivity index (χ0v) is 4.50. The van der Waals surface area contributed by atoms with Crippen LogP contribution in [0.2, 0.25) is 0 Å². The van der Waals surface area contributed by atoms with E-state index in [1.807, 2.05) is 0 Å². The molecule has 0 bridgehead atoms. The van der Waals surface area contributed by atoms with Gasteiger partial charge in [-0.3, -0.25) is 0 Å². The molecule has 1 rings (SSSR count). The zero-order chi connectivity index (χ0) is 5.98. The van der Waals surface area contributed by atoms with Gasteiger partial charge in [0.15, 0.2) is 5.82 Å². The first-order valence-corrected chi connectivity index (χ1v) is 2.18. The van der Waals surface area contributed by atoms with Crippen LogP contribution >= 0.6 is 0 Å². The molecule has 3 N–H and O–H groups in total. The van der Waals surface area contributed by atoms with Crippen molar-refractivity contribution in [3.05, 3.63) is 6.20 Å². The van der Waals surface area contributed by atoms with E-state index in [0.29, 0.717) is 5.82 Å². The van der Waals surface area contributed by atoms with Crippen LogP contribution in [0.1, 0.15) is 0 Å². The van der Waals surface area contributed by atoms with Crippen molar-refractivity contribution in [1.29, 1.82) is 0 Å². The molecule has 0 fully saturated rings. The molecule has 0 spiro atoms. The molecule has 0 aliphatic rings. The molecule has 0 saturated heterocycles. The molecule has 0 aromatic carbocycles. The minimum Gasteiger partial charge on any atom is -0.381 e. The molecule has 5 nitrogen and oxygen atoms in total. The molecular weight excluding hydrogens is 106 g/mol. The molecule has 44 valence electrons. The number of anilines is 1. The van der Waals surface area contributed by atoms with E-state index in [2.05, 4.69) is 15.7 Å². The first-order chi connectivity index (χ1) is 3.84. The van der Waals surface area contributed by atoms with Crippen molar-refractivity contribution in [2.45, 2.75) is 0 Å². The summed E-state index contributed by atoms with van der Waals surface area (Å²) >= 11 is 0. The molecule has 0 radical (unpaired) electrons. The monoisotopic (exact) mass is 113 g/mol. The fourth-order valence-electron chi connectivity index (χ4n) is 0.417. The van der Waals surface area contributed by atoms with Crippen LogP contribution in [-0.4, -0.2) is 22.2 Å². The second kappa shape index (κ2) is 1.69. The molecule has 0 atom stereocenters. The van der Waals surface area contributed by atoms with Gasteiger partial charge in [-0.15, -0.1) is 9.89 Å². The Labute approximate surface area is 46.5 Å². The third-order valence-electron chi connectivity index (χ3n) is 0.787. The van der Waals surface area contributed by atoms with Gasteiger partial charge in [0.1, 0.15) is 0 Å². The maximum absolute atomic E-state index is 5.33. The summed E-state index contributed by atoms with van der Waals surface area (Å²) in [5.41, 5.74) is 8.02. The predicted molar refractivity (Wildman–Crippen MR) is 29.7 cm³/mol. The second-order valence-electron chi connectivity index (χ2n) is 1.29. The van der Waals surface area contributed by atoms with Crippen LogP contribution < -0.4 is 11.2 Å². The fraction of sp³-hybridized carbons (Fsp3) is 0.333. The number of hydrogen-bond donors (Lipinski definition) is 2. The lowest BCUT2D eigenvalue weighted by Crippen LogP contribution is -2.13. The highest BCUT2D eigenvalue weighted by atomic mass is 15.6. The van der Waals surface area contributed by atoms with Crippen LogP contribution in [0.25, 0.3) is 0 Å². The van der Waals surface area contributed by atoms with Crippen molar-refractivity contribution in [2.75, 3.05) is 18.2 Å². The molecule has 0 saturated carbocycles. The van der Waals surface area contributed by atoms with E-state index >= 15 is 0 Å². The smallest absolute Gasteiger partial charge is 0.165 e. The van der Waals surface area contributed by atoms with E-state index in [1.54, 1.807) is 7.05 Å². The number of nitrogen functional groups attached to an aromatic ring is 1. The highest BCUT2D eigenvalue weighted by Gasteiger charge is 1.90. The van der Waals surface area contributed by atoms with Gasteiger partial charge in [-0.25, -0.2) is 0 Å². The van der Waals surface area contributed by atoms with Crippen molar-refractivity contribution in [1.82, 2.24) is 15.1 Å². The third-order valence-corrected chi connectivity index (χ3v) is 0.787.